The molecule has 3 aromatic heterocycles. The lowest BCUT2D eigenvalue weighted by molar-refractivity contribution is 0.0189. The predicted molar refractivity (Wildman–Crippen MR) is 231 cm³/mol. The number of rotatable bonds is 1. The van der Waals surface area contributed by atoms with Gasteiger partial charge in [-0.15, -0.1) is 12.3 Å². The smallest absolute Gasteiger partial charge is 0.410 e. The van der Waals surface area contributed by atoms with Crippen molar-refractivity contribution >= 4 is 35.1 Å². The van der Waals surface area contributed by atoms with Crippen LogP contribution in [0, 0.1) is 36.0 Å². The largest absolute Gasteiger partial charge is 0.444 e. The van der Waals surface area contributed by atoms with Crippen LogP contribution in [-0.2, 0) is 14.2 Å². The molecule has 0 saturated carbocycles. The Hall–Kier alpha value is -5.43. The molecule has 0 unspecified atom stereocenters. The summed E-state index contributed by atoms with van der Waals surface area (Å²) in [6.45, 7) is 21.2. The molecule has 13 heteroatoms. The molecule has 3 amide bonds. The maximum absolute atomic E-state index is 12.1. The molecule has 13 nitrogen and oxygen atoms in total. The van der Waals surface area contributed by atoms with Crippen LogP contribution in [0.25, 0.3) is 11.0 Å². The minimum Gasteiger partial charge on any atom is -0.444 e. The van der Waals surface area contributed by atoms with Gasteiger partial charge >= 0.3 is 18.3 Å². The number of aromatic nitrogens is 3. The lowest BCUT2D eigenvalue weighted by atomic mass is 9.94. The Morgan fingerprint density at radius 1 is 0.695 bits per heavy atom. The number of anilines is 1. The third kappa shape index (κ3) is 15.7. The number of nitrogens with one attached hydrogen (secondary N) is 1. The number of terminal acetylenes is 1. The van der Waals surface area contributed by atoms with Gasteiger partial charge in [0.1, 0.15) is 28.3 Å². The molecule has 3 N–H and O–H groups in total. The SMILES string of the molecule is C#CC1CCN(C(=O)OC(C)(C)C)CC1.CC(C)(C)OC(=O)N1CCC(C#Cc2cccnc2N)CC1.CC(C)(C)OC(=O)N1CCC(c2cc3cccnc3[nH]2)CC1. The maximum Gasteiger partial charge on any atom is 0.410 e. The number of carbonyl (C=O) groups is 3. The summed E-state index contributed by atoms with van der Waals surface area (Å²) in [6.07, 6.45) is 13.5. The topological polar surface area (TPSA) is 156 Å². The highest BCUT2D eigenvalue weighted by molar-refractivity contribution is 5.76. The number of nitrogen functional groups attached to an aromatic ring is 1. The number of ether oxygens (including phenoxy) is 3. The van der Waals surface area contributed by atoms with Gasteiger partial charge in [-0.2, -0.15) is 0 Å². The Kier molecular flexibility index (Phi) is 16.1. The van der Waals surface area contributed by atoms with Crippen LogP contribution < -0.4 is 5.73 Å². The molecule has 3 aliphatic heterocycles. The summed E-state index contributed by atoms with van der Waals surface area (Å²) in [5, 5.41) is 1.15. The van der Waals surface area contributed by atoms with Crippen LogP contribution in [-0.4, -0.2) is 104 Å². The molecule has 6 heterocycles. The molecule has 0 spiro atoms. The summed E-state index contributed by atoms with van der Waals surface area (Å²) in [4.78, 5) is 52.8. The fraction of sp³-hybridized carbons (Fsp3) is 0.587. The summed E-state index contributed by atoms with van der Waals surface area (Å²) in [6, 6.07) is 9.88. The van der Waals surface area contributed by atoms with Crippen LogP contribution in [0.2, 0.25) is 0 Å². The Balaban J connectivity index is 0.000000200. The molecule has 0 aliphatic carbocycles. The Morgan fingerprint density at radius 2 is 1.14 bits per heavy atom. The van der Waals surface area contributed by atoms with Crippen molar-refractivity contribution in [3.8, 4) is 24.2 Å². The highest BCUT2D eigenvalue weighted by atomic mass is 16.6. The van der Waals surface area contributed by atoms with E-state index in [9.17, 15) is 14.4 Å². The Bertz CT molecular complexity index is 1920. The number of likely N-dealkylation sites (tertiary alicyclic amines) is 3. The average molecular weight is 812 g/mol. The second-order valence-corrected chi connectivity index (χ2v) is 18.3. The van der Waals surface area contributed by atoms with Gasteiger partial charge in [0.25, 0.3) is 0 Å². The number of hydrogen-bond donors (Lipinski definition) is 2. The monoisotopic (exact) mass is 811 g/mol. The van der Waals surface area contributed by atoms with Crippen molar-refractivity contribution in [1.29, 1.82) is 0 Å². The molecule has 3 saturated heterocycles. The molecule has 59 heavy (non-hydrogen) atoms. The number of H-pyrrole nitrogens is 1. The highest BCUT2D eigenvalue weighted by Crippen LogP contribution is 2.30. The third-order valence-corrected chi connectivity index (χ3v) is 9.78. The van der Waals surface area contributed by atoms with Gasteiger partial charge in [-0.25, -0.2) is 24.4 Å². The van der Waals surface area contributed by atoms with Crippen molar-refractivity contribution < 1.29 is 28.6 Å². The van der Waals surface area contributed by atoms with Gasteiger partial charge in [-0.1, -0.05) is 11.8 Å². The highest BCUT2D eigenvalue weighted by Gasteiger charge is 2.29. The minimum atomic E-state index is -0.453. The van der Waals surface area contributed by atoms with Gasteiger partial charge in [0.2, 0.25) is 0 Å². The molecule has 3 aliphatic rings. The van der Waals surface area contributed by atoms with Crippen molar-refractivity contribution in [3.63, 3.8) is 0 Å². The Labute approximate surface area is 351 Å². The van der Waals surface area contributed by atoms with Gasteiger partial charge in [-0.3, -0.25) is 0 Å². The molecule has 320 valence electrons. The summed E-state index contributed by atoms with van der Waals surface area (Å²) in [5.74, 6) is 10.6. The summed E-state index contributed by atoms with van der Waals surface area (Å²) >= 11 is 0. The number of piperidine rings is 3. The molecule has 6 rings (SSSR count). The van der Waals surface area contributed by atoms with E-state index >= 15 is 0 Å². The first kappa shape index (κ1) is 46.3. The van der Waals surface area contributed by atoms with E-state index in [1.54, 1.807) is 22.2 Å². The number of amides is 3. The summed E-state index contributed by atoms with van der Waals surface area (Å²) in [5.41, 5.74) is 7.39. The standard InChI is InChI=1S/2C17H23N3O2.C12H19NO2/c1-17(2,3)22-16(21)20-9-6-12(7-10-20)14-11-13-5-4-8-18-15(13)19-14;1-17(2,3)22-16(21)20-11-8-13(9-12-20)6-7-14-5-4-10-19-15(14)18;1-5-10-6-8-13(9-7-10)11(14)15-12(2,3)4/h4-5,8,11-12H,6-7,9-10H2,1-3H3,(H,18,19);4-5,10,13H,8-9,11-12H2,1-3H3,(H2,18,19);1,10H,6-9H2,2-4H3. The van der Waals surface area contributed by atoms with Crippen molar-refractivity contribution in [3.05, 3.63) is 54.0 Å². The average Bonchev–Trinajstić information content (AvgIpc) is 3.61. The van der Waals surface area contributed by atoms with E-state index < -0.39 is 16.8 Å². The second kappa shape index (κ2) is 20.5. The van der Waals surface area contributed by atoms with Gasteiger partial charge in [-0.05, 0) is 131 Å². The van der Waals surface area contributed by atoms with Crippen molar-refractivity contribution in [2.45, 2.75) is 124 Å². The molecule has 3 fully saturated rings. The van der Waals surface area contributed by atoms with E-state index in [0.29, 0.717) is 43.8 Å². The molecular formula is C46H65N7O6. The number of pyridine rings is 2. The van der Waals surface area contributed by atoms with Crippen molar-refractivity contribution in [1.82, 2.24) is 29.7 Å². The van der Waals surface area contributed by atoms with E-state index in [1.165, 1.54) is 5.69 Å². The van der Waals surface area contributed by atoms with E-state index in [2.05, 4.69) is 44.8 Å². The van der Waals surface area contributed by atoms with Crippen LogP contribution >= 0.6 is 0 Å². The number of hydrogen-bond acceptors (Lipinski definition) is 9. The number of aromatic amines is 1. The van der Waals surface area contributed by atoms with Crippen LogP contribution in [0.4, 0.5) is 20.2 Å². The molecule has 0 radical (unpaired) electrons. The first-order valence-corrected chi connectivity index (χ1v) is 20.7. The Morgan fingerprint density at radius 3 is 1.58 bits per heavy atom. The lowest BCUT2D eigenvalue weighted by Gasteiger charge is -2.33. The van der Waals surface area contributed by atoms with E-state index in [0.717, 1.165) is 68.2 Å². The number of carbonyl (C=O) groups excluding carboxylic acids is 3. The van der Waals surface area contributed by atoms with E-state index in [4.69, 9.17) is 26.4 Å². The quantitative estimate of drug-likeness (QED) is 0.182. The molecule has 0 aromatic carbocycles. The van der Waals surface area contributed by atoms with Gasteiger partial charge in [0.15, 0.2) is 0 Å². The van der Waals surface area contributed by atoms with E-state index in [-0.39, 0.29) is 24.2 Å². The number of fused-ring (bicyclic) bond motifs is 1. The van der Waals surface area contributed by atoms with Gasteiger partial charge in [0, 0.05) is 80.5 Å². The fourth-order valence-electron chi connectivity index (χ4n) is 6.69. The first-order valence-electron chi connectivity index (χ1n) is 20.7. The fourth-order valence-corrected chi connectivity index (χ4v) is 6.69. The lowest BCUT2D eigenvalue weighted by Crippen LogP contribution is -2.41. The van der Waals surface area contributed by atoms with Crippen LogP contribution in [0.15, 0.2) is 42.7 Å². The van der Waals surface area contributed by atoms with Crippen LogP contribution in [0.3, 0.4) is 0 Å². The predicted octanol–water partition coefficient (Wildman–Crippen LogP) is 8.61. The summed E-state index contributed by atoms with van der Waals surface area (Å²) < 4.78 is 16.1. The van der Waals surface area contributed by atoms with Crippen molar-refractivity contribution in [2.75, 3.05) is 45.0 Å². The zero-order valence-corrected chi connectivity index (χ0v) is 36.6. The van der Waals surface area contributed by atoms with Gasteiger partial charge < -0.3 is 39.6 Å². The van der Waals surface area contributed by atoms with Crippen LogP contribution in [0.1, 0.15) is 118 Å². The zero-order valence-electron chi connectivity index (χ0n) is 36.6. The normalized spacial score (nSPS) is 16.9. The van der Waals surface area contributed by atoms with E-state index in [1.807, 2.05) is 85.4 Å². The number of nitrogens with two attached hydrogens (primary N) is 1. The van der Waals surface area contributed by atoms with Gasteiger partial charge in [0.05, 0.1) is 5.56 Å². The number of nitrogens with zero attached hydrogens (tertiary/aromatic N) is 5. The minimum absolute atomic E-state index is 0.204. The molecule has 0 atom stereocenters. The molecular weight excluding hydrogens is 747 g/mol. The molecule has 0 bridgehead atoms. The maximum atomic E-state index is 12.1. The van der Waals surface area contributed by atoms with Crippen LogP contribution in [0.5, 0.6) is 0 Å². The zero-order chi connectivity index (χ0) is 43.4. The second-order valence-electron chi connectivity index (χ2n) is 18.3. The summed E-state index contributed by atoms with van der Waals surface area (Å²) in [7, 11) is 0. The third-order valence-electron chi connectivity index (χ3n) is 9.78. The first-order chi connectivity index (χ1) is 27.7. The van der Waals surface area contributed by atoms with Crippen molar-refractivity contribution in [2.24, 2.45) is 11.8 Å². The molecule has 3 aromatic rings.